The third-order valence-electron chi connectivity index (χ3n) is 4.91. The summed E-state index contributed by atoms with van der Waals surface area (Å²) >= 11 is 3.47. The van der Waals surface area contributed by atoms with Gasteiger partial charge < -0.3 is 14.8 Å². The number of aromatic hydroxyl groups is 1. The van der Waals surface area contributed by atoms with Crippen LogP contribution in [0.25, 0.3) is 16.9 Å². The summed E-state index contributed by atoms with van der Waals surface area (Å²) in [6.45, 7) is 0. The largest absolute Gasteiger partial charge is 0.507 e. The van der Waals surface area contributed by atoms with Crippen molar-refractivity contribution in [3.63, 3.8) is 0 Å². The minimum absolute atomic E-state index is 0.0810. The number of halogens is 1. The molecule has 4 nitrogen and oxygen atoms in total. The highest BCUT2D eigenvalue weighted by Crippen LogP contribution is 2.35. The number of aromatic nitrogens is 1. The molecule has 0 saturated carbocycles. The Morgan fingerprint density at radius 1 is 1.00 bits per heavy atom. The predicted molar refractivity (Wildman–Crippen MR) is 104 cm³/mol. The molecular weight excluding hydrogens is 394 g/mol. The van der Waals surface area contributed by atoms with Crippen molar-refractivity contribution in [2.75, 3.05) is 0 Å². The highest BCUT2D eigenvalue weighted by molar-refractivity contribution is 9.10. The highest BCUT2D eigenvalue weighted by atomic mass is 79.9. The summed E-state index contributed by atoms with van der Waals surface area (Å²) in [5.74, 6) is -1.34. The fraction of sp³-hybridized carbons (Fsp3) is 0.190. The summed E-state index contributed by atoms with van der Waals surface area (Å²) in [5, 5.41) is 19.2. The number of aryl methyl sites for hydroxylation is 1. The van der Waals surface area contributed by atoms with Crippen LogP contribution in [-0.4, -0.2) is 20.7 Å². The van der Waals surface area contributed by atoms with Gasteiger partial charge in [0.15, 0.2) is 0 Å². The van der Waals surface area contributed by atoms with Crippen molar-refractivity contribution in [3.8, 4) is 22.7 Å². The van der Waals surface area contributed by atoms with Gasteiger partial charge in [0.25, 0.3) is 0 Å². The van der Waals surface area contributed by atoms with Gasteiger partial charge in [0, 0.05) is 15.9 Å². The Kier molecular flexibility index (Phi) is 4.32. The van der Waals surface area contributed by atoms with Crippen molar-refractivity contribution in [3.05, 3.63) is 69.8 Å². The fourth-order valence-electron chi connectivity index (χ4n) is 3.66. The van der Waals surface area contributed by atoms with Crippen LogP contribution in [0, 0.1) is 0 Å². The molecular formula is C21H18BrNO3. The maximum absolute atomic E-state index is 11.5. The van der Waals surface area contributed by atoms with E-state index >= 15 is 0 Å². The smallest absolute Gasteiger partial charge is 0.339 e. The maximum Gasteiger partial charge on any atom is 0.339 e. The number of benzene rings is 2. The highest BCUT2D eigenvalue weighted by Gasteiger charge is 2.21. The number of hydrogen-bond donors (Lipinski definition) is 2. The van der Waals surface area contributed by atoms with E-state index in [1.807, 2.05) is 12.1 Å². The zero-order valence-electron chi connectivity index (χ0n) is 14.1. The molecule has 0 spiro atoms. The van der Waals surface area contributed by atoms with E-state index in [4.69, 9.17) is 0 Å². The summed E-state index contributed by atoms with van der Waals surface area (Å²) in [5.41, 5.74) is 5.36. The molecule has 26 heavy (non-hydrogen) atoms. The Labute approximate surface area is 159 Å². The van der Waals surface area contributed by atoms with E-state index < -0.39 is 5.97 Å². The monoisotopic (exact) mass is 411 g/mol. The van der Waals surface area contributed by atoms with Crippen molar-refractivity contribution in [1.82, 2.24) is 4.57 Å². The quantitative estimate of drug-likeness (QED) is 0.623. The number of phenols is 1. The summed E-state index contributed by atoms with van der Waals surface area (Å²) in [7, 11) is 0. The van der Waals surface area contributed by atoms with Crippen LogP contribution < -0.4 is 0 Å². The molecule has 1 aliphatic rings. The number of carbonyl (C=O) groups is 1. The molecule has 132 valence electrons. The van der Waals surface area contributed by atoms with Crippen molar-refractivity contribution in [2.45, 2.75) is 25.7 Å². The first kappa shape index (κ1) is 16.9. The van der Waals surface area contributed by atoms with E-state index in [1.165, 1.54) is 23.7 Å². The molecule has 4 rings (SSSR count). The second-order valence-corrected chi connectivity index (χ2v) is 7.47. The van der Waals surface area contributed by atoms with Crippen LogP contribution in [0.3, 0.4) is 0 Å². The Balaban J connectivity index is 1.95. The zero-order valence-corrected chi connectivity index (χ0v) is 15.7. The van der Waals surface area contributed by atoms with Gasteiger partial charge in [-0.1, -0.05) is 28.1 Å². The number of rotatable bonds is 3. The van der Waals surface area contributed by atoms with Crippen molar-refractivity contribution in [2.24, 2.45) is 0 Å². The van der Waals surface area contributed by atoms with Gasteiger partial charge >= 0.3 is 5.97 Å². The first-order chi connectivity index (χ1) is 12.5. The minimum Gasteiger partial charge on any atom is -0.507 e. The molecule has 0 fully saturated rings. The molecule has 0 amide bonds. The average molecular weight is 412 g/mol. The second-order valence-electron chi connectivity index (χ2n) is 6.56. The van der Waals surface area contributed by atoms with Crippen LogP contribution in [0.1, 0.15) is 34.5 Å². The Morgan fingerprint density at radius 3 is 2.46 bits per heavy atom. The lowest BCUT2D eigenvalue weighted by molar-refractivity contribution is 0.0693. The fourth-order valence-corrected chi connectivity index (χ4v) is 3.93. The average Bonchev–Trinajstić information content (AvgIpc) is 3.02. The third kappa shape index (κ3) is 2.92. The van der Waals surface area contributed by atoms with Gasteiger partial charge in [-0.25, -0.2) is 4.79 Å². The molecule has 2 aromatic carbocycles. The normalized spacial score (nSPS) is 13.4. The lowest BCUT2D eigenvalue weighted by Crippen LogP contribution is -2.08. The summed E-state index contributed by atoms with van der Waals surface area (Å²) in [6, 6.07) is 15.1. The first-order valence-electron chi connectivity index (χ1n) is 8.60. The maximum atomic E-state index is 11.5. The van der Waals surface area contributed by atoms with E-state index in [-0.39, 0.29) is 11.3 Å². The van der Waals surface area contributed by atoms with Gasteiger partial charge in [0.2, 0.25) is 0 Å². The van der Waals surface area contributed by atoms with Gasteiger partial charge in [0.05, 0.1) is 5.69 Å². The van der Waals surface area contributed by atoms with Crippen molar-refractivity contribution in [1.29, 1.82) is 0 Å². The van der Waals surface area contributed by atoms with Gasteiger partial charge in [-0.3, -0.25) is 0 Å². The van der Waals surface area contributed by atoms with Gasteiger partial charge in [0.1, 0.15) is 11.3 Å². The van der Waals surface area contributed by atoms with Crippen LogP contribution >= 0.6 is 15.9 Å². The first-order valence-corrected chi connectivity index (χ1v) is 9.40. The van der Waals surface area contributed by atoms with E-state index in [1.54, 1.807) is 12.1 Å². The van der Waals surface area contributed by atoms with E-state index in [0.717, 1.165) is 40.7 Å². The summed E-state index contributed by atoms with van der Waals surface area (Å²) < 4.78 is 3.16. The SMILES string of the molecule is O=C(O)c1cc(-n2c(-c3ccc(Br)cc3)cc3c2CCCC3)ccc1O. The van der Waals surface area contributed by atoms with Crippen LogP contribution in [0.4, 0.5) is 0 Å². The van der Waals surface area contributed by atoms with Crippen molar-refractivity contribution >= 4 is 21.9 Å². The molecule has 0 aliphatic heterocycles. The predicted octanol–water partition coefficient (Wildman–Crippen LogP) is 5.19. The van der Waals surface area contributed by atoms with Crippen LogP contribution in [0.5, 0.6) is 5.75 Å². The molecule has 0 bridgehead atoms. The molecule has 0 saturated heterocycles. The third-order valence-corrected chi connectivity index (χ3v) is 5.44. The van der Waals surface area contributed by atoms with Crippen LogP contribution in [0.2, 0.25) is 0 Å². The lowest BCUT2D eigenvalue weighted by Gasteiger charge is -2.18. The number of carboxylic acid groups (broad SMARTS) is 1. The molecule has 0 radical (unpaired) electrons. The molecule has 0 atom stereocenters. The van der Waals surface area contributed by atoms with Gasteiger partial charge in [-0.05, 0) is 73.2 Å². The van der Waals surface area contributed by atoms with Crippen LogP contribution in [0.15, 0.2) is 53.0 Å². The van der Waals surface area contributed by atoms with E-state index in [9.17, 15) is 15.0 Å². The standard InChI is InChI=1S/C21H18BrNO3/c22-15-7-5-13(6-8-15)19-11-14-3-1-2-4-18(14)23(19)16-9-10-20(24)17(12-16)21(25)26/h5-12,24H,1-4H2,(H,25,26). The Bertz CT molecular complexity index is 989. The molecule has 0 unspecified atom stereocenters. The number of nitrogens with zero attached hydrogens (tertiary/aromatic N) is 1. The number of hydrogen-bond acceptors (Lipinski definition) is 2. The van der Waals surface area contributed by atoms with Gasteiger partial charge in [-0.15, -0.1) is 0 Å². The Hall–Kier alpha value is -2.53. The number of fused-ring (bicyclic) bond motifs is 1. The summed E-state index contributed by atoms with van der Waals surface area (Å²) in [4.78, 5) is 11.5. The van der Waals surface area contributed by atoms with Crippen LogP contribution in [-0.2, 0) is 12.8 Å². The zero-order chi connectivity index (χ0) is 18.3. The topological polar surface area (TPSA) is 62.5 Å². The molecule has 1 aliphatic carbocycles. The number of aromatic carboxylic acids is 1. The Morgan fingerprint density at radius 2 is 1.73 bits per heavy atom. The minimum atomic E-state index is -1.13. The molecule has 5 heteroatoms. The second kappa shape index (κ2) is 6.65. The molecule has 1 heterocycles. The summed E-state index contributed by atoms with van der Waals surface area (Å²) in [6.07, 6.45) is 4.30. The molecule has 2 N–H and O–H groups in total. The van der Waals surface area contributed by atoms with E-state index in [2.05, 4.69) is 38.7 Å². The molecule has 3 aromatic rings. The lowest BCUT2D eigenvalue weighted by atomic mass is 9.98. The van der Waals surface area contributed by atoms with Gasteiger partial charge in [-0.2, -0.15) is 0 Å². The molecule has 1 aromatic heterocycles. The number of carboxylic acids is 1. The van der Waals surface area contributed by atoms with E-state index in [0.29, 0.717) is 0 Å². The van der Waals surface area contributed by atoms with Crippen molar-refractivity contribution < 1.29 is 15.0 Å².